The van der Waals surface area contributed by atoms with E-state index < -0.39 is 10.0 Å². The minimum atomic E-state index is -3.62. The van der Waals surface area contributed by atoms with Crippen molar-refractivity contribution in [1.82, 2.24) is 29.8 Å². The quantitative estimate of drug-likeness (QED) is 0.220. The summed E-state index contributed by atoms with van der Waals surface area (Å²) in [5, 5.41) is 7.46. The number of hydrogen-bond acceptors (Lipinski definition) is 11. The molecule has 0 spiro atoms. The Balaban J connectivity index is 1.40. The Morgan fingerprint density at radius 3 is 2.52 bits per heavy atom. The molecule has 5 aromatic rings. The van der Waals surface area contributed by atoms with Gasteiger partial charge in [-0.05, 0) is 43.3 Å². The molecule has 3 aromatic heterocycles. The second-order valence-electron chi connectivity index (χ2n) is 10.8. The van der Waals surface area contributed by atoms with E-state index in [2.05, 4.69) is 61.5 Å². The molecule has 0 saturated carbocycles. The largest absolute Gasteiger partial charge is 0.494 e. The summed E-state index contributed by atoms with van der Waals surface area (Å²) in [5.74, 6) is 1.51. The number of rotatable bonds is 9. The first-order valence-corrected chi connectivity index (χ1v) is 16.2. The van der Waals surface area contributed by atoms with Crippen LogP contribution in [0.25, 0.3) is 22.1 Å². The van der Waals surface area contributed by atoms with Crippen LogP contribution in [0.5, 0.6) is 5.75 Å². The second kappa shape index (κ2) is 11.8. The highest BCUT2D eigenvalue weighted by atomic mass is 32.2. The predicted octanol–water partition coefficient (Wildman–Crippen LogP) is 4.11. The predicted molar refractivity (Wildman–Crippen MR) is 175 cm³/mol. The molecular formula is C30H36N10O3S. The third-order valence-electron chi connectivity index (χ3n) is 7.97. The number of piperazine rings is 1. The number of nitrogens with one attached hydrogen (secondary N) is 3. The van der Waals surface area contributed by atoms with Crippen LogP contribution >= 0.6 is 0 Å². The van der Waals surface area contributed by atoms with Gasteiger partial charge in [0, 0.05) is 63.6 Å². The highest BCUT2D eigenvalue weighted by Crippen LogP contribution is 2.38. The molecule has 13 nitrogen and oxygen atoms in total. The monoisotopic (exact) mass is 616 g/mol. The number of nitrogens with zero attached hydrogens (tertiary/aromatic N) is 7. The molecule has 0 amide bonds. The molecule has 0 bridgehead atoms. The van der Waals surface area contributed by atoms with Crippen molar-refractivity contribution in [2.45, 2.75) is 13.3 Å². The highest BCUT2D eigenvalue weighted by Gasteiger charge is 2.23. The summed E-state index contributed by atoms with van der Waals surface area (Å²) in [4.78, 5) is 26.3. The number of H-pyrrole nitrogens is 1. The maximum Gasteiger partial charge on any atom is 0.232 e. The van der Waals surface area contributed by atoms with E-state index in [1.165, 1.54) is 28.8 Å². The molecular weight excluding hydrogens is 580 g/mol. The van der Waals surface area contributed by atoms with Gasteiger partial charge in [0.2, 0.25) is 16.0 Å². The molecule has 6 rings (SSSR count). The number of aromatic amines is 1. The summed E-state index contributed by atoms with van der Waals surface area (Å²) in [6, 6.07) is 9.61. The Labute approximate surface area is 256 Å². The van der Waals surface area contributed by atoms with Gasteiger partial charge < -0.3 is 30.2 Å². The van der Waals surface area contributed by atoms with Crippen LogP contribution in [-0.2, 0) is 16.4 Å². The summed E-state index contributed by atoms with van der Waals surface area (Å²) in [7, 11) is 1.68. The summed E-state index contributed by atoms with van der Waals surface area (Å²) in [6.45, 7) is 6.08. The molecule has 14 heteroatoms. The van der Waals surface area contributed by atoms with E-state index in [1.807, 2.05) is 6.07 Å². The zero-order valence-corrected chi connectivity index (χ0v) is 26.2. The average molecular weight is 617 g/mol. The Kier molecular flexibility index (Phi) is 7.86. The summed E-state index contributed by atoms with van der Waals surface area (Å²) in [5.41, 5.74) is 5.60. The summed E-state index contributed by atoms with van der Waals surface area (Å²) >= 11 is 0. The Morgan fingerprint density at radius 2 is 1.80 bits per heavy atom. The summed E-state index contributed by atoms with van der Waals surface area (Å²) in [6.07, 6.45) is 6.89. The smallest absolute Gasteiger partial charge is 0.232 e. The molecule has 1 fully saturated rings. The normalized spacial score (nSPS) is 14.2. The van der Waals surface area contributed by atoms with Crippen molar-refractivity contribution in [3.63, 3.8) is 0 Å². The molecule has 44 heavy (non-hydrogen) atoms. The lowest BCUT2D eigenvalue weighted by molar-refractivity contribution is 0.312. The number of likely N-dealkylation sites (N-methyl/N-ethyl adjacent to an activating group) is 1. The number of anilines is 6. The maximum atomic E-state index is 12.7. The number of aromatic nitrogens is 5. The van der Waals surface area contributed by atoms with Crippen molar-refractivity contribution in [1.29, 1.82) is 0 Å². The fourth-order valence-corrected chi connectivity index (χ4v) is 5.97. The number of sulfonamides is 1. The molecule has 0 radical (unpaired) electrons. The Bertz CT molecular complexity index is 1940. The molecule has 1 aliphatic heterocycles. The van der Waals surface area contributed by atoms with Crippen molar-refractivity contribution in [2.24, 2.45) is 0 Å². The van der Waals surface area contributed by atoms with Crippen molar-refractivity contribution in [3.05, 3.63) is 54.5 Å². The van der Waals surface area contributed by atoms with Gasteiger partial charge in [-0.2, -0.15) is 9.97 Å². The Morgan fingerprint density at radius 1 is 1.02 bits per heavy atom. The van der Waals surface area contributed by atoms with Crippen LogP contribution in [0, 0.1) is 0 Å². The topological polar surface area (TPSA) is 144 Å². The van der Waals surface area contributed by atoms with Crippen molar-refractivity contribution < 1.29 is 13.2 Å². The molecule has 230 valence electrons. The number of ether oxygens (including phenoxy) is 1. The molecule has 3 N–H and O–H groups in total. The molecule has 0 aliphatic carbocycles. The molecule has 2 aromatic carbocycles. The first-order chi connectivity index (χ1) is 21.2. The minimum Gasteiger partial charge on any atom is -0.494 e. The number of aryl methyl sites for hydroxylation is 1. The minimum absolute atomic E-state index is 0.341. The molecule has 4 heterocycles. The average Bonchev–Trinajstić information content (AvgIpc) is 3.49. The van der Waals surface area contributed by atoms with E-state index in [0.717, 1.165) is 49.9 Å². The lowest BCUT2D eigenvalue weighted by Crippen LogP contribution is -2.44. The fraction of sp³-hybridized carbons (Fsp3) is 0.333. The lowest BCUT2D eigenvalue weighted by Gasteiger charge is -2.35. The van der Waals surface area contributed by atoms with Gasteiger partial charge in [0.05, 0.1) is 35.6 Å². The maximum absolute atomic E-state index is 12.7. The van der Waals surface area contributed by atoms with E-state index in [-0.39, 0.29) is 0 Å². The van der Waals surface area contributed by atoms with Crippen LogP contribution in [0.3, 0.4) is 0 Å². The van der Waals surface area contributed by atoms with E-state index in [1.54, 1.807) is 31.6 Å². The standard InChI is InChI=1S/C30H36N10O3S/c1-6-19-17-23(25(43-4)18-24(19)40-15-13-38(2)14-16-40)35-30-36-28-20(9-10-33-28)29(37-30)34-22-8-7-21-26(32-12-11-31-21)27(22)39(3)44(5,41)42/h7-12,17-18H,6,13-16H2,1-5H3,(H3,33,34,35,36,37). The first kappa shape index (κ1) is 29.4. The van der Waals surface area contributed by atoms with Gasteiger partial charge in [0.25, 0.3) is 0 Å². The number of fused-ring (bicyclic) bond motifs is 2. The molecule has 0 atom stereocenters. The molecule has 1 aliphatic rings. The lowest BCUT2D eigenvalue weighted by atomic mass is 10.1. The van der Waals surface area contributed by atoms with Crippen LogP contribution in [0.1, 0.15) is 12.5 Å². The zero-order chi connectivity index (χ0) is 31.0. The number of methoxy groups -OCH3 is 1. The number of hydrogen-bond donors (Lipinski definition) is 3. The van der Waals surface area contributed by atoms with E-state index >= 15 is 0 Å². The van der Waals surface area contributed by atoms with Crippen molar-refractivity contribution in [3.8, 4) is 5.75 Å². The van der Waals surface area contributed by atoms with Gasteiger partial charge in [-0.15, -0.1) is 0 Å². The third-order valence-corrected chi connectivity index (χ3v) is 9.14. The van der Waals surface area contributed by atoms with Crippen LogP contribution in [0.4, 0.5) is 34.5 Å². The van der Waals surface area contributed by atoms with E-state index in [9.17, 15) is 8.42 Å². The van der Waals surface area contributed by atoms with Crippen LogP contribution in [-0.4, -0.2) is 91.9 Å². The van der Waals surface area contributed by atoms with Gasteiger partial charge in [-0.25, -0.2) is 8.42 Å². The first-order valence-electron chi connectivity index (χ1n) is 14.4. The van der Waals surface area contributed by atoms with Crippen molar-refractivity contribution in [2.75, 3.05) is 73.5 Å². The van der Waals surface area contributed by atoms with Gasteiger partial charge in [0.15, 0.2) is 0 Å². The van der Waals surface area contributed by atoms with E-state index in [4.69, 9.17) is 14.7 Å². The van der Waals surface area contributed by atoms with E-state index in [0.29, 0.717) is 45.6 Å². The Hall–Kier alpha value is -4.69. The van der Waals surface area contributed by atoms with Gasteiger partial charge in [-0.1, -0.05) is 6.92 Å². The zero-order valence-electron chi connectivity index (χ0n) is 25.4. The number of benzene rings is 2. The highest BCUT2D eigenvalue weighted by molar-refractivity contribution is 7.92. The SMILES string of the molecule is CCc1cc(Nc2nc(Nc3ccc4nccnc4c3N(C)S(C)(=O)=O)c3cc[nH]c3n2)c(OC)cc1N1CCN(C)CC1. The van der Waals surface area contributed by atoms with Crippen molar-refractivity contribution >= 4 is 66.6 Å². The summed E-state index contributed by atoms with van der Waals surface area (Å²) < 4.78 is 32.3. The van der Waals surface area contributed by atoms with Crippen LogP contribution < -0.4 is 24.6 Å². The molecule has 0 unspecified atom stereocenters. The van der Waals surface area contributed by atoms with Gasteiger partial charge in [-0.3, -0.25) is 14.3 Å². The van der Waals surface area contributed by atoms with Crippen LogP contribution in [0.2, 0.25) is 0 Å². The fourth-order valence-electron chi connectivity index (χ4n) is 5.45. The van der Waals surface area contributed by atoms with Crippen LogP contribution in [0.15, 0.2) is 48.9 Å². The molecule has 1 saturated heterocycles. The third kappa shape index (κ3) is 5.65. The van der Waals surface area contributed by atoms with Gasteiger partial charge >= 0.3 is 0 Å². The second-order valence-corrected chi connectivity index (χ2v) is 12.8. The van der Waals surface area contributed by atoms with Gasteiger partial charge in [0.1, 0.15) is 28.4 Å².